The molecule has 1 aliphatic heterocycles. The molecule has 38 heavy (non-hydrogen) atoms. The molecule has 1 saturated heterocycles. The van der Waals surface area contributed by atoms with Crippen molar-refractivity contribution in [2.24, 2.45) is 18.5 Å². The second-order valence-electron chi connectivity index (χ2n) is 8.89. The minimum atomic E-state index is 0.0120. The zero-order chi connectivity index (χ0) is 26.6. The van der Waals surface area contributed by atoms with Gasteiger partial charge in [-0.25, -0.2) is 14.5 Å². The van der Waals surface area contributed by atoms with E-state index in [2.05, 4.69) is 21.2 Å². The molecule has 12 nitrogen and oxygen atoms in total. The minimum absolute atomic E-state index is 0.0120. The van der Waals surface area contributed by atoms with Gasteiger partial charge in [-0.1, -0.05) is 0 Å². The predicted molar refractivity (Wildman–Crippen MR) is 141 cm³/mol. The first-order valence-corrected chi connectivity index (χ1v) is 12.1. The summed E-state index contributed by atoms with van der Waals surface area (Å²) >= 11 is 0. The molecule has 0 aliphatic carbocycles. The van der Waals surface area contributed by atoms with Gasteiger partial charge in [-0.15, -0.1) is 0 Å². The predicted octanol–water partition coefficient (Wildman–Crippen LogP) is 2.30. The lowest BCUT2D eigenvalue weighted by atomic mass is 10.1. The van der Waals surface area contributed by atoms with E-state index < -0.39 is 0 Å². The zero-order valence-corrected chi connectivity index (χ0v) is 21.2. The highest BCUT2D eigenvalue weighted by Crippen LogP contribution is 2.30. The zero-order valence-electron chi connectivity index (χ0n) is 21.2. The lowest BCUT2D eigenvalue weighted by molar-refractivity contribution is 0.0919. The van der Waals surface area contributed by atoms with Crippen LogP contribution in [0.2, 0.25) is 0 Å². The number of nitrogens with zero attached hydrogens (tertiary/aromatic N) is 8. The van der Waals surface area contributed by atoms with Crippen LogP contribution in [0.3, 0.4) is 0 Å². The Morgan fingerprint density at radius 2 is 1.84 bits per heavy atom. The Hall–Kier alpha value is -5.05. The van der Waals surface area contributed by atoms with Crippen LogP contribution >= 0.6 is 0 Å². The lowest BCUT2D eigenvalue weighted by Gasteiger charge is -2.32. The third-order valence-corrected chi connectivity index (χ3v) is 6.36. The lowest BCUT2D eigenvalue weighted by Crippen LogP contribution is -2.37. The van der Waals surface area contributed by atoms with Gasteiger partial charge in [0.1, 0.15) is 29.1 Å². The number of aryl methyl sites for hydroxylation is 1. The van der Waals surface area contributed by atoms with E-state index >= 15 is 0 Å². The van der Waals surface area contributed by atoms with Crippen molar-refractivity contribution in [2.75, 3.05) is 25.1 Å². The summed E-state index contributed by atoms with van der Waals surface area (Å²) in [5.74, 6) is 1.42. The number of piperidine rings is 1. The first-order chi connectivity index (χ1) is 18.4. The molecular weight excluding hydrogens is 484 g/mol. The van der Waals surface area contributed by atoms with Crippen LogP contribution < -0.4 is 16.4 Å². The van der Waals surface area contributed by atoms with Gasteiger partial charge in [0, 0.05) is 68.7 Å². The summed E-state index contributed by atoms with van der Waals surface area (Å²) in [6.07, 6.45) is 13.5. The van der Waals surface area contributed by atoms with Crippen molar-refractivity contribution in [3.63, 3.8) is 0 Å². The fraction of sp³-hybridized carbons (Fsp3) is 0.269. The number of pyridine rings is 1. The van der Waals surface area contributed by atoms with Crippen molar-refractivity contribution in [3.8, 4) is 28.6 Å². The van der Waals surface area contributed by atoms with Crippen LogP contribution in [-0.4, -0.2) is 55.7 Å². The molecule has 4 aromatic rings. The van der Waals surface area contributed by atoms with E-state index in [-0.39, 0.29) is 12.0 Å². The molecule has 0 unspecified atom stereocenters. The summed E-state index contributed by atoms with van der Waals surface area (Å²) in [5.41, 5.74) is 15.6. The van der Waals surface area contributed by atoms with Gasteiger partial charge in [-0.2, -0.15) is 15.5 Å². The Morgan fingerprint density at radius 3 is 2.50 bits per heavy atom. The van der Waals surface area contributed by atoms with Gasteiger partial charge in [-0.05, 0) is 12.1 Å². The van der Waals surface area contributed by atoms with Crippen LogP contribution in [-0.2, 0) is 16.5 Å². The normalized spacial score (nSPS) is 15.0. The van der Waals surface area contributed by atoms with Crippen molar-refractivity contribution in [3.05, 3.63) is 72.6 Å². The molecular formula is C26H28N10O2. The van der Waals surface area contributed by atoms with E-state index in [0.717, 1.165) is 42.9 Å². The van der Waals surface area contributed by atoms with Crippen LogP contribution in [0, 0.1) is 11.3 Å². The quantitative estimate of drug-likeness (QED) is 0.278. The highest BCUT2D eigenvalue weighted by molar-refractivity contribution is 5.83. The Balaban J connectivity index is 1.34. The van der Waals surface area contributed by atoms with Gasteiger partial charge in [0.25, 0.3) is 0 Å². The van der Waals surface area contributed by atoms with Gasteiger partial charge >= 0.3 is 0 Å². The van der Waals surface area contributed by atoms with E-state index in [1.54, 1.807) is 46.1 Å². The Kier molecular flexibility index (Phi) is 6.82. The number of fused-ring (bicyclic) bond motifs is 1. The smallest absolute Gasteiger partial charge is 0.184 e. The number of hydrogen-bond acceptors (Lipinski definition) is 10. The van der Waals surface area contributed by atoms with E-state index in [4.69, 9.17) is 30.9 Å². The van der Waals surface area contributed by atoms with Crippen LogP contribution in [0.15, 0.2) is 67.0 Å². The molecule has 0 saturated carbocycles. The number of hydrogen-bond donors (Lipinski definition) is 2. The number of allylic oxidation sites excluding steroid dienone is 2. The molecule has 1 fully saturated rings. The Labute approximate surface area is 219 Å². The van der Waals surface area contributed by atoms with Crippen LogP contribution in [0.4, 0.5) is 5.82 Å². The molecule has 12 heteroatoms. The van der Waals surface area contributed by atoms with Crippen molar-refractivity contribution < 1.29 is 9.47 Å². The van der Waals surface area contributed by atoms with Crippen molar-refractivity contribution in [1.82, 2.24) is 29.4 Å². The number of anilines is 1. The summed E-state index contributed by atoms with van der Waals surface area (Å²) in [5, 5.41) is 18.3. The van der Waals surface area contributed by atoms with Crippen molar-refractivity contribution >= 4 is 11.3 Å². The molecule has 0 bridgehead atoms. The summed E-state index contributed by atoms with van der Waals surface area (Å²) in [6, 6.07) is 6.16. The molecule has 194 valence electrons. The maximum Gasteiger partial charge on any atom is 0.184 e. The van der Waals surface area contributed by atoms with E-state index in [1.807, 2.05) is 25.4 Å². The van der Waals surface area contributed by atoms with Crippen LogP contribution in [0.5, 0.6) is 0 Å². The van der Waals surface area contributed by atoms with E-state index in [9.17, 15) is 5.26 Å². The number of ether oxygens (including phenoxy) is 2. The van der Waals surface area contributed by atoms with Gasteiger partial charge in [0.2, 0.25) is 0 Å². The average molecular weight is 513 g/mol. The molecule has 5 heterocycles. The minimum Gasteiger partial charge on any atom is -0.483 e. The van der Waals surface area contributed by atoms with Crippen molar-refractivity contribution in [2.45, 2.75) is 18.9 Å². The summed E-state index contributed by atoms with van der Waals surface area (Å²) in [4.78, 5) is 11.8. The molecule has 0 atom stereocenters. The van der Waals surface area contributed by atoms with E-state index in [1.165, 1.54) is 7.11 Å². The highest BCUT2D eigenvalue weighted by Gasteiger charge is 2.22. The van der Waals surface area contributed by atoms with Gasteiger partial charge in [-0.3, -0.25) is 4.68 Å². The number of methoxy groups -OCH3 is 1. The molecule has 4 aromatic heterocycles. The third kappa shape index (κ3) is 5.08. The summed E-state index contributed by atoms with van der Waals surface area (Å²) in [6.45, 7) is 1.56. The number of nitrogens with two attached hydrogens (primary N) is 2. The van der Waals surface area contributed by atoms with Gasteiger partial charge < -0.3 is 25.8 Å². The van der Waals surface area contributed by atoms with Crippen LogP contribution in [0.25, 0.3) is 28.0 Å². The van der Waals surface area contributed by atoms with Gasteiger partial charge in [0.15, 0.2) is 11.8 Å². The van der Waals surface area contributed by atoms with Crippen LogP contribution in [0.1, 0.15) is 18.4 Å². The maximum absolute atomic E-state index is 9.64. The number of aromatic nitrogens is 6. The number of nitriles is 1. The maximum atomic E-state index is 9.64. The Morgan fingerprint density at radius 1 is 1.05 bits per heavy atom. The topological polar surface area (TPSA) is 158 Å². The summed E-state index contributed by atoms with van der Waals surface area (Å²) in [7, 11) is 3.34. The molecule has 0 aromatic carbocycles. The second kappa shape index (κ2) is 10.5. The Bertz CT molecular complexity index is 1540. The van der Waals surface area contributed by atoms with Crippen molar-refractivity contribution in [1.29, 1.82) is 5.26 Å². The molecule has 0 spiro atoms. The standard InChI is InChI=1S/C26H28N10O2/c1-34-15-19(14-31-34)21-16-36-26(18(11-27)13-32-36)25(33-21)17-3-6-24(30-12-17)35-9-7-20(8-10-35)38-23(29)5-4-22(28)37-2/h3-6,12-16,20H,7-10,28-29H2,1-2H3/b22-4+,23-5+. The molecule has 0 amide bonds. The summed E-state index contributed by atoms with van der Waals surface area (Å²) < 4.78 is 14.1. The molecule has 5 rings (SSSR count). The first-order valence-electron chi connectivity index (χ1n) is 12.1. The highest BCUT2D eigenvalue weighted by atomic mass is 16.5. The average Bonchev–Trinajstić information content (AvgIpc) is 3.57. The SMILES string of the molecule is CO/C(N)=C/C=C(\N)OC1CCN(c2ccc(-c3nc(-c4cnn(C)c4)cn4ncc(C#N)c34)cn2)CC1. The molecule has 1 aliphatic rings. The fourth-order valence-electron chi connectivity index (χ4n) is 4.37. The van der Waals surface area contributed by atoms with E-state index in [0.29, 0.717) is 28.4 Å². The molecule has 4 N–H and O–H groups in total. The first kappa shape index (κ1) is 24.6. The molecule has 0 radical (unpaired) electrons. The fourth-order valence-corrected chi connectivity index (χ4v) is 4.37. The van der Waals surface area contributed by atoms with Gasteiger partial charge in [0.05, 0.1) is 37.1 Å². The largest absolute Gasteiger partial charge is 0.483 e. The monoisotopic (exact) mass is 512 g/mol. The third-order valence-electron chi connectivity index (χ3n) is 6.36. The number of rotatable bonds is 7. The second-order valence-corrected chi connectivity index (χ2v) is 8.89.